The van der Waals surface area contributed by atoms with Crippen molar-refractivity contribution >= 4 is 22.5 Å². The maximum atomic E-state index is 13.3. The van der Waals surface area contributed by atoms with Gasteiger partial charge in [0.15, 0.2) is 0 Å². The van der Waals surface area contributed by atoms with Crippen molar-refractivity contribution in [1.82, 2.24) is 4.57 Å². The molecule has 0 aliphatic carbocycles. The van der Waals surface area contributed by atoms with Crippen molar-refractivity contribution in [3.8, 4) is 11.4 Å². The lowest BCUT2D eigenvalue weighted by Gasteiger charge is -2.15. The average molecular weight is 344 g/mol. The molecule has 0 spiro atoms. The molecule has 0 saturated heterocycles. The molecule has 4 aromatic rings. The van der Waals surface area contributed by atoms with E-state index in [1.165, 1.54) is 6.26 Å². The molecule has 0 bridgehead atoms. The number of aromatic hydroxyl groups is 1. The Morgan fingerprint density at radius 1 is 1.00 bits per heavy atom. The molecule has 0 amide bonds. The molecular formula is C21H16N2O3. The number of nitrogens with zero attached hydrogens (tertiary/aromatic N) is 2. The van der Waals surface area contributed by atoms with Crippen molar-refractivity contribution in [3.63, 3.8) is 0 Å². The predicted octanol–water partition coefficient (Wildman–Crippen LogP) is 4.43. The SMILES string of the molecule is CC(=Nc1ccco1)c1c(O)c2ccccc2n(-c2ccccc2)c1=O. The van der Waals surface area contributed by atoms with E-state index in [1.807, 2.05) is 48.5 Å². The number of furan rings is 1. The third kappa shape index (κ3) is 2.59. The van der Waals surface area contributed by atoms with Crippen LogP contribution in [0.2, 0.25) is 0 Å². The van der Waals surface area contributed by atoms with Gasteiger partial charge in [-0.1, -0.05) is 30.3 Å². The van der Waals surface area contributed by atoms with E-state index in [9.17, 15) is 9.90 Å². The second kappa shape index (κ2) is 6.37. The monoisotopic (exact) mass is 344 g/mol. The van der Waals surface area contributed by atoms with E-state index in [2.05, 4.69) is 4.99 Å². The van der Waals surface area contributed by atoms with Gasteiger partial charge in [0.2, 0.25) is 5.88 Å². The summed E-state index contributed by atoms with van der Waals surface area (Å²) in [5.41, 5.74) is 1.57. The molecule has 5 heteroatoms. The third-order valence-corrected chi connectivity index (χ3v) is 4.21. The first-order valence-electron chi connectivity index (χ1n) is 8.18. The van der Waals surface area contributed by atoms with Crippen LogP contribution in [0, 0.1) is 0 Å². The molecule has 128 valence electrons. The van der Waals surface area contributed by atoms with Gasteiger partial charge in [-0.05, 0) is 37.3 Å². The van der Waals surface area contributed by atoms with Crippen molar-refractivity contribution in [1.29, 1.82) is 0 Å². The van der Waals surface area contributed by atoms with Crippen LogP contribution in [-0.4, -0.2) is 15.4 Å². The number of hydrogen-bond acceptors (Lipinski definition) is 4. The van der Waals surface area contributed by atoms with Gasteiger partial charge >= 0.3 is 0 Å². The van der Waals surface area contributed by atoms with Crippen molar-refractivity contribution in [2.24, 2.45) is 4.99 Å². The summed E-state index contributed by atoms with van der Waals surface area (Å²) in [5, 5.41) is 11.4. The quantitative estimate of drug-likeness (QED) is 0.559. The molecule has 0 aliphatic rings. The Balaban J connectivity index is 2.08. The fourth-order valence-electron chi connectivity index (χ4n) is 3.04. The smallest absolute Gasteiger partial charge is 0.268 e. The minimum atomic E-state index is -0.333. The standard InChI is InChI=1S/C21H16N2O3/c1-14(22-18-12-7-13-26-18)19-20(24)16-10-5-6-11-17(16)23(21(19)25)15-8-3-2-4-9-15/h2-13,24H,1H3. The van der Waals surface area contributed by atoms with E-state index in [0.29, 0.717) is 22.5 Å². The molecule has 2 aromatic heterocycles. The number of rotatable bonds is 3. The zero-order valence-electron chi connectivity index (χ0n) is 14.1. The van der Waals surface area contributed by atoms with Crippen LogP contribution in [0.4, 0.5) is 5.88 Å². The molecule has 1 N–H and O–H groups in total. The Kier molecular flexibility index (Phi) is 3.89. The summed E-state index contributed by atoms with van der Waals surface area (Å²) in [6, 6.07) is 20.0. The lowest BCUT2D eigenvalue weighted by atomic mass is 10.1. The summed E-state index contributed by atoms with van der Waals surface area (Å²) < 4.78 is 6.82. The van der Waals surface area contributed by atoms with E-state index >= 15 is 0 Å². The molecule has 0 radical (unpaired) electrons. The molecule has 0 fully saturated rings. The number of hydrogen-bond donors (Lipinski definition) is 1. The van der Waals surface area contributed by atoms with Crippen LogP contribution in [-0.2, 0) is 0 Å². The van der Waals surface area contributed by atoms with Crippen LogP contribution < -0.4 is 5.56 Å². The van der Waals surface area contributed by atoms with Gasteiger partial charge in [-0.25, -0.2) is 4.99 Å². The van der Waals surface area contributed by atoms with Gasteiger partial charge in [0.25, 0.3) is 5.56 Å². The number of aromatic nitrogens is 1. The van der Waals surface area contributed by atoms with Crippen molar-refractivity contribution < 1.29 is 9.52 Å². The molecule has 26 heavy (non-hydrogen) atoms. The normalized spacial score (nSPS) is 11.8. The Bertz CT molecular complexity index is 1160. The van der Waals surface area contributed by atoms with Crippen molar-refractivity contribution in [2.75, 3.05) is 0 Å². The molecule has 0 aliphatic heterocycles. The predicted molar refractivity (Wildman–Crippen MR) is 102 cm³/mol. The van der Waals surface area contributed by atoms with Gasteiger partial charge in [-0.15, -0.1) is 0 Å². The van der Waals surface area contributed by atoms with E-state index < -0.39 is 0 Å². The zero-order chi connectivity index (χ0) is 18.1. The van der Waals surface area contributed by atoms with Gasteiger partial charge in [-0.3, -0.25) is 9.36 Å². The van der Waals surface area contributed by atoms with Gasteiger partial charge in [0.1, 0.15) is 11.3 Å². The molecule has 0 atom stereocenters. The molecular weight excluding hydrogens is 328 g/mol. The molecule has 4 rings (SSSR count). The van der Waals surface area contributed by atoms with E-state index in [-0.39, 0.29) is 16.9 Å². The fourth-order valence-corrected chi connectivity index (χ4v) is 3.04. The van der Waals surface area contributed by atoms with Gasteiger partial charge in [0.05, 0.1) is 17.5 Å². The summed E-state index contributed by atoms with van der Waals surface area (Å²) in [5.74, 6) is 0.298. The summed E-state index contributed by atoms with van der Waals surface area (Å²) >= 11 is 0. The number of benzene rings is 2. The Hall–Kier alpha value is -3.60. The van der Waals surface area contributed by atoms with Crippen LogP contribution in [0.15, 0.2) is 87.2 Å². The number of fused-ring (bicyclic) bond motifs is 1. The zero-order valence-corrected chi connectivity index (χ0v) is 14.1. The minimum Gasteiger partial charge on any atom is -0.506 e. The lowest BCUT2D eigenvalue weighted by molar-refractivity contribution is 0.478. The van der Waals surface area contributed by atoms with Crippen LogP contribution >= 0.6 is 0 Å². The third-order valence-electron chi connectivity index (χ3n) is 4.21. The maximum Gasteiger partial charge on any atom is 0.268 e. The highest BCUT2D eigenvalue weighted by atomic mass is 16.3. The Morgan fingerprint density at radius 3 is 2.46 bits per heavy atom. The molecule has 2 aromatic carbocycles. The van der Waals surface area contributed by atoms with Gasteiger partial charge < -0.3 is 9.52 Å². The topological polar surface area (TPSA) is 67.7 Å². The van der Waals surface area contributed by atoms with Crippen LogP contribution in [0.3, 0.4) is 0 Å². The largest absolute Gasteiger partial charge is 0.506 e. The highest BCUT2D eigenvalue weighted by Gasteiger charge is 2.19. The number of para-hydroxylation sites is 2. The number of pyridine rings is 1. The highest BCUT2D eigenvalue weighted by Crippen LogP contribution is 2.29. The number of aliphatic imine (C=N–C) groups is 1. The minimum absolute atomic E-state index is 0.0782. The molecule has 5 nitrogen and oxygen atoms in total. The summed E-state index contributed by atoms with van der Waals surface area (Å²) in [6.45, 7) is 1.68. The highest BCUT2D eigenvalue weighted by molar-refractivity contribution is 6.06. The second-order valence-corrected chi connectivity index (χ2v) is 5.87. The fraction of sp³-hybridized carbons (Fsp3) is 0.0476. The second-order valence-electron chi connectivity index (χ2n) is 5.87. The van der Waals surface area contributed by atoms with E-state index in [0.717, 1.165) is 5.69 Å². The first kappa shape index (κ1) is 15.9. The molecule has 2 heterocycles. The summed E-state index contributed by atoms with van der Waals surface area (Å²) in [4.78, 5) is 17.6. The Morgan fingerprint density at radius 2 is 1.73 bits per heavy atom. The molecule has 0 unspecified atom stereocenters. The van der Waals surface area contributed by atoms with Crippen molar-refractivity contribution in [2.45, 2.75) is 6.92 Å². The van der Waals surface area contributed by atoms with Gasteiger partial charge in [-0.2, -0.15) is 0 Å². The summed E-state index contributed by atoms with van der Waals surface area (Å²) in [6.07, 6.45) is 1.51. The van der Waals surface area contributed by atoms with Gasteiger partial charge in [0, 0.05) is 17.1 Å². The first-order chi connectivity index (χ1) is 12.7. The van der Waals surface area contributed by atoms with Crippen LogP contribution in [0.5, 0.6) is 5.75 Å². The Labute approximate surface area is 149 Å². The van der Waals surface area contributed by atoms with Crippen LogP contribution in [0.1, 0.15) is 12.5 Å². The first-order valence-corrected chi connectivity index (χ1v) is 8.18. The average Bonchev–Trinajstić information content (AvgIpc) is 3.16. The lowest BCUT2D eigenvalue weighted by Crippen LogP contribution is -2.25. The maximum absolute atomic E-state index is 13.3. The van der Waals surface area contributed by atoms with E-state index in [4.69, 9.17) is 4.42 Å². The summed E-state index contributed by atoms with van der Waals surface area (Å²) in [7, 11) is 0. The van der Waals surface area contributed by atoms with E-state index in [1.54, 1.807) is 29.7 Å². The van der Waals surface area contributed by atoms with Crippen molar-refractivity contribution in [3.05, 3.63) is 88.9 Å². The van der Waals surface area contributed by atoms with Crippen LogP contribution in [0.25, 0.3) is 16.6 Å². The molecule has 0 saturated carbocycles.